The molecule has 1 saturated heterocycles. The van der Waals surface area contributed by atoms with E-state index in [-0.39, 0.29) is 6.79 Å². The van der Waals surface area contributed by atoms with Crippen molar-refractivity contribution in [1.29, 1.82) is 5.26 Å². The maximum absolute atomic E-state index is 11.5. The summed E-state index contributed by atoms with van der Waals surface area (Å²) in [5.74, 6) is 1.33. The molecule has 0 aliphatic carbocycles. The lowest BCUT2D eigenvalue weighted by atomic mass is 10.1. The Morgan fingerprint density at radius 2 is 1.86 bits per heavy atom. The number of rotatable bonds is 3. The molecule has 2 aliphatic heterocycles. The van der Waals surface area contributed by atoms with Gasteiger partial charge in [0.1, 0.15) is 6.04 Å². The van der Waals surface area contributed by atoms with Gasteiger partial charge in [-0.25, -0.2) is 8.42 Å². The number of ether oxygens (including phenoxy) is 2. The molecule has 7 nitrogen and oxygen atoms in total. The summed E-state index contributed by atoms with van der Waals surface area (Å²) in [5.41, 5.74) is 0.833. The first kappa shape index (κ1) is 15.1. The second-order valence-electron chi connectivity index (χ2n) is 5.34. The van der Waals surface area contributed by atoms with Crippen molar-refractivity contribution in [2.45, 2.75) is 6.04 Å². The molecule has 0 amide bonds. The zero-order valence-corrected chi connectivity index (χ0v) is 13.0. The molecule has 1 unspecified atom stereocenters. The summed E-state index contributed by atoms with van der Waals surface area (Å²) in [4.78, 5) is 1.99. The number of piperazine rings is 1. The molecule has 0 saturated carbocycles. The topological polar surface area (TPSA) is 82.9 Å². The Hall–Kier alpha value is -1.82. The van der Waals surface area contributed by atoms with E-state index in [2.05, 4.69) is 6.07 Å². The lowest BCUT2D eigenvalue weighted by Gasteiger charge is -2.35. The van der Waals surface area contributed by atoms with Gasteiger partial charge in [-0.15, -0.1) is 0 Å². The van der Waals surface area contributed by atoms with Crippen LogP contribution in [0.1, 0.15) is 11.6 Å². The van der Waals surface area contributed by atoms with Gasteiger partial charge in [-0.2, -0.15) is 9.57 Å². The fourth-order valence-corrected chi connectivity index (χ4v) is 3.57. The van der Waals surface area contributed by atoms with Crippen LogP contribution < -0.4 is 9.47 Å². The average Bonchev–Trinajstić information content (AvgIpc) is 2.95. The van der Waals surface area contributed by atoms with Crippen molar-refractivity contribution in [1.82, 2.24) is 9.21 Å². The summed E-state index contributed by atoms with van der Waals surface area (Å²) in [7, 11) is -3.17. The van der Waals surface area contributed by atoms with Crippen LogP contribution in [0.3, 0.4) is 0 Å². The Morgan fingerprint density at radius 3 is 2.50 bits per heavy atom. The third-order valence-electron chi connectivity index (χ3n) is 3.94. The second kappa shape index (κ2) is 5.76. The second-order valence-corrected chi connectivity index (χ2v) is 7.32. The van der Waals surface area contributed by atoms with Crippen molar-refractivity contribution in [2.75, 3.05) is 39.2 Å². The molecule has 1 atom stereocenters. The molecule has 2 aliphatic rings. The minimum atomic E-state index is -3.17. The van der Waals surface area contributed by atoms with E-state index in [1.807, 2.05) is 17.0 Å². The van der Waals surface area contributed by atoms with E-state index in [9.17, 15) is 13.7 Å². The standard InChI is InChI=1S/C14H17N3O4S/c1-22(18,19)17-6-4-16(5-7-17)12(9-15)11-2-3-13-14(8-11)21-10-20-13/h2-3,8,12H,4-7,10H2,1H3. The number of benzene rings is 1. The summed E-state index contributed by atoms with van der Waals surface area (Å²) < 4.78 is 35.1. The van der Waals surface area contributed by atoms with Crippen LogP contribution in [0.15, 0.2) is 18.2 Å². The average molecular weight is 323 g/mol. The fourth-order valence-electron chi connectivity index (χ4n) is 2.74. The van der Waals surface area contributed by atoms with Gasteiger partial charge in [-0.05, 0) is 17.7 Å². The molecule has 0 radical (unpaired) electrons. The molecule has 3 rings (SSSR count). The number of nitriles is 1. The highest BCUT2D eigenvalue weighted by Crippen LogP contribution is 2.35. The van der Waals surface area contributed by atoms with Crippen LogP contribution in [-0.4, -0.2) is 56.9 Å². The molecule has 1 fully saturated rings. The van der Waals surface area contributed by atoms with Gasteiger partial charge in [0.25, 0.3) is 0 Å². The van der Waals surface area contributed by atoms with E-state index in [0.29, 0.717) is 37.7 Å². The van der Waals surface area contributed by atoms with Crippen molar-refractivity contribution in [3.8, 4) is 17.6 Å². The first-order valence-corrected chi connectivity index (χ1v) is 8.82. The van der Waals surface area contributed by atoms with Crippen molar-refractivity contribution in [3.63, 3.8) is 0 Å². The largest absolute Gasteiger partial charge is 0.454 e. The summed E-state index contributed by atoms with van der Waals surface area (Å²) in [6, 6.07) is 7.34. The predicted octanol–water partition coefficient (Wildman–Crippen LogP) is 0.557. The van der Waals surface area contributed by atoms with Crippen molar-refractivity contribution in [3.05, 3.63) is 23.8 Å². The molecule has 1 aromatic rings. The van der Waals surface area contributed by atoms with Crippen molar-refractivity contribution >= 4 is 10.0 Å². The molecule has 22 heavy (non-hydrogen) atoms. The van der Waals surface area contributed by atoms with E-state index in [1.54, 1.807) is 6.07 Å². The molecule has 8 heteroatoms. The Morgan fingerprint density at radius 1 is 1.18 bits per heavy atom. The number of sulfonamides is 1. The van der Waals surface area contributed by atoms with E-state index in [1.165, 1.54) is 10.6 Å². The van der Waals surface area contributed by atoms with E-state index in [0.717, 1.165) is 5.56 Å². The summed E-state index contributed by atoms with van der Waals surface area (Å²) >= 11 is 0. The number of nitrogens with zero attached hydrogens (tertiary/aromatic N) is 3. The summed E-state index contributed by atoms with van der Waals surface area (Å²) in [5, 5.41) is 9.51. The molecule has 0 spiro atoms. The molecule has 0 aromatic heterocycles. The quantitative estimate of drug-likeness (QED) is 0.808. The predicted molar refractivity (Wildman–Crippen MR) is 78.9 cm³/mol. The number of hydrogen-bond acceptors (Lipinski definition) is 6. The minimum absolute atomic E-state index is 0.197. The summed E-state index contributed by atoms with van der Waals surface area (Å²) in [6.45, 7) is 2.06. The summed E-state index contributed by atoms with van der Waals surface area (Å²) in [6.07, 6.45) is 1.21. The lowest BCUT2D eigenvalue weighted by Crippen LogP contribution is -2.49. The molecule has 2 heterocycles. The van der Waals surface area contributed by atoms with Crippen molar-refractivity contribution in [2.24, 2.45) is 0 Å². The van der Waals surface area contributed by atoms with Crippen LogP contribution in [0.25, 0.3) is 0 Å². The van der Waals surface area contributed by atoms with Crippen LogP contribution in [0.4, 0.5) is 0 Å². The number of hydrogen-bond donors (Lipinski definition) is 0. The SMILES string of the molecule is CS(=O)(=O)N1CCN(C(C#N)c2ccc3c(c2)OCO3)CC1. The van der Waals surface area contributed by atoms with Crippen LogP contribution in [0, 0.1) is 11.3 Å². The van der Waals surface area contributed by atoms with Crippen LogP contribution in [0.2, 0.25) is 0 Å². The normalized spacial score (nSPS) is 20.5. The van der Waals surface area contributed by atoms with Gasteiger partial charge in [0.2, 0.25) is 16.8 Å². The molecule has 0 N–H and O–H groups in total. The monoisotopic (exact) mass is 323 g/mol. The Labute approximate surface area is 129 Å². The Balaban J connectivity index is 1.75. The Kier molecular flexibility index (Phi) is 3.95. The number of fused-ring (bicyclic) bond motifs is 1. The van der Waals surface area contributed by atoms with Crippen molar-refractivity contribution < 1.29 is 17.9 Å². The lowest BCUT2D eigenvalue weighted by molar-refractivity contribution is 0.162. The van der Waals surface area contributed by atoms with Crippen LogP contribution in [0.5, 0.6) is 11.5 Å². The Bertz CT molecular complexity index is 705. The van der Waals surface area contributed by atoms with E-state index >= 15 is 0 Å². The van der Waals surface area contributed by atoms with Crippen LogP contribution in [-0.2, 0) is 10.0 Å². The first-order chi connectivity index (χ1) is 10.5. The fraction of sp³-hybridized carbons (Fsp3) is 0.500. The van der Waals surface area contributed by atoms with Gasteiger partial charge < -0.3 is 9.47 Å². The zero-order valence-electron chi connectivity index (χ0n) is 12.2. The molecular weight excluding hydrogens is 306 g/mol. The first-order valence-electron chi connectivity index (χ1n) is 6.97. The van der Waals surface area contributed by atoms with Gasteiger partial charge in [0.05, 0.1) is 12.3 Å². The highest BCUT2D eigenvalue weighted by molar-refractivity contribution is 7.88. The maximum atomic E-state index is 11.5. The van der Waals surface area contributed by atoms with Gasteiger partial charge in [0.15, 0.2) is 11.5 Å². The molecular formula is C14H17N3O4S. The molecule has 1 aromatic carbocycles. The van der Waals surface area contributed by atoms with Gasteiger partial charge in [0, 0.05) is 26.2 Å². The van der Waals surface area contributed by atoms with E-state index < -0.39 is 16.1 Å². The van der Waals surface area contributed by atoms with Crippen LogP contribution >= 0.6 is 0 Å². The third-order valence-corrected chi connectivity index (χ3v) is 5.25. The van der Waals surface area contributed by atoms with E-state index in [4.69, 9.17) is 9.47 Å². The third kappa shape index (κ3) is 2.88. The minimum Gasteiger partial charge on any atom is -0.454 e. The highest BCUT2D eigenvalue weighted by atomic mass is 32.2. The molecule has 118 valence electrons. The molecule has 0 bridgehead atoms. The van der Waals surface area contributed by atoms with Gasteiger partial charge in [-0.3, -0.25) is 4.90 Å². The highest BCUT2D eigenvalue weighted by Gasteiger charge is 2.29. The maximum Gasteiger partial charge on any atom is 0.231 e. The smallest absolute Gasteiger partial charge is 0.231 e. The zero-order chi connectivity index (χ0) is 15.7. The van der Waals surface area contributed by atoms with Gasteiger partial charge in [-0.1, -0.05) is 6.07 Å². The van der Waals surface area contributed by atoms with Gasteiger partial charge >= 0.3 is 0 Å².